The molecule has 1 saturated heterocycles. The molecule has 2 aromatic carbocycles. The van der Waals surface area contributed by atoms with Crippen LogP contribution in [0.5, 0.6) is 0 Å². The SMILES string of the molecule is O=C(CCc1nc(C2CCCN2)no1)c1cccc2ccccc12.O=C(O)C(F)(F)F. The van der Waals surface area contributed by atoms with E-state index in [2.05, 4.69) is 15.5 Å². The zero-order chi connectivity index (χ0) is 22.4. The first-order valence-corrected chi connectivity index (χ1v) is 9.62. The van der Waals surface area contributed by atoms with Crippen LogP contribution in [0, 0.1) is 0 Å². The molecule has 1 fully saturated rings. The number of ketones is 1. The van der Waals surface area contributed by atoms with Crippen molar-refractivity contribution in [1.82, 2.24) is 15.5 Å². The summed E-state index contributed by atoms with van der Waals surface area (Å²) >= 11 is 0. The number of carbonyl (C=O) groups excluding carboxylic acids is 1. The molecule has 0 bridgehead atoms. The molecule has 2 N–H and O–H groups in total. The van der Waals surface area contributed by atoms with Gasteiger partial charge in [-0.3, -0.25) is 4.79 Å². The number of nitrogens with zero attached hydrogens (tertiary/aromatic N) is 2. The predicted molar refractivity (Wildman–Crippen MR) is 105 cm³/mol. The van der Waals surface area contributed by atoms with Crippen molar-refractivity contribution in [1.29, 1.82) is 0 Å². The molecule has 4 rings (SSSR count). The number of fused-ring (bicyclic) bond motifs is 1. The predicted octanol–water partition coefficient (Wildman–Crippen LogP) is 4.10. The Hall–Kier alpha value is -3.27. The van der Waals surface area contributed by atoms with Gasteiger partial charge in [-0.15, -0.1) is 0 Å². The minimum Gasteiger partial charge on any atom is -0.475 e. The van der Waals surface area contributed by atoms with E-state index in [1.165, 1.54) is 0 Å². The molecular weight excluding hydrogens is 415 g/mol. The fraction of sp³-hybridized carbons (Fsp3) is 0.333. The minimum absolute atomic E-state index is 0.102. The average Bonchev–Trinajstić information content (AvgIpc) is 3.43. The summed E-state index contributed by atoms with van der Waals surface area (Å²) in [5, 5.41) is 16.6. The van der Waals surface area contributed by atoms with Crippen molar-refractivity contribution in [3.05, 3.63) is 59.7 Å². The van der Waals surface area contributed by atoms with E-state index in [1.54, 1.807) is 0 Å². The number of carbonyl (C=O) groups is 2. The maximum absolute atomic E-state index is 12.6. The topological polar surface area (TPSA) is 105 Å². The molecule has 31 heavy (non-hydrogen) atoms. The number of rotatable bonds is 5. The van der Waals surface area contributed by atoms with Gasteiger partial charge in [0.15, 0.2) is 11.6 Å². The molecule has 3 aromatic rings. The van der Waals surface area contributed by atoms with E-state index >= 15 is 0 Å². The van der Waals surface area contributed by atoms with Gasteiger partial charge in [0.1, 0.15) is 0 Å². The fourth-order valence-corrected chi connectivity index (χ4v) is 3.24. The lowest BCUT2D eigenvalue weighted by atomic mass is 9.99. The van der Waals surface area contributed by atoms with Gasteiger partial charge < -0.3 is 14.9 Å². The Morgan fingerprint density at radius 1 is 1.16 bits per heavy atom. The molecule has 1 aliphatic rings. The summed E-state index contributed by atoms with van der Waals surface area (Å²) in [5.74, 6) is -1.41. The number of hydrogen-bond acceptors (Lipinski definition) is 6. The molecule has 164 valence electrons. The summed E-state index contributed by atoms with van der Waals surface area (Å²) < 4.78 is 37.0. The molecule has 0 amide bonds. The van der Waals surface area contributed by atoms with E-state index < -0.39 is 12.1 Å². The molecule has 2 heterocycles. The van der Waals surface area contributed by atoms with Crippen LogP contribution in [0.2, 0.25) is 0 Å². The summed E-state index contributed by atoms with van der Waals surface area (Å²) in [5.41, 5.74) is 0.755. The lowest BCUT2D eigenvalue weighted by Gasteiger charge is -2.04. The molecule has 7 nitrogen and oxygen atoms in total. The number of alkyl halides is 3. The van der Waals surface area contributed by atoms with Gasteiger partial charge >= 0.3 is 12.1 Å². The van der Waals surface area contributed by atoms with Crippen LogP contribution in [0.25, 0.3) is 10.8 Å². The zero-order valence-electron chi connectivity index (χ0n) is 16.4. The Labute approximate surface area is 175 Å². The molecule has 0 radical (unpaired) electrons. The normalized spacial score (nSPS) is 16.0. The molecule has 0 aliphatic carbocycles. The minimum atomic E-state index is -5.08. The number of carboxylic acid groups (broad SMARTS) is 1. The van der Waals surface area contributed by atoms with E-state index in [9.17, 15) is 18.0 Å². The smallest absolute Gasteiger partial charge is 0.475 e. The fourth-order valence-electron chi connectivity index (χ4n) is 3.24. The Balaban J connectivity index is 0.000000339. The highest BCUT2D eigenvalue weighted by Gasteiger charge is 2.38. The van der Waals surface area contributed by atoms with Crippen LogP contribution >= 0.6 is 0 Å². The number of aryl methyl sites for hydroxylation is 1. The second kappa shape index (κ2) is 9.69. The highest BCUT2D eigenvalue weighted by molar-refractivity contribution is 6.08. The standard InChI is InChI=1S/C19H19N3O2.C2HF3O2/c23-17(15-8-3-6-13-5-1-2-7-14(13)15)10-11-18-21-19(22-24-18)16-9-4-12-20-16;3-2(4,5)1(6)7/h1-3,5-8,16,20H,4,9-12H2;(H,6,7). The number of benzene rings is 2. The summed E-state index contributed by atoms with van der Waals surface area (Å²) in [6, 6.07) is 14.0. The number of aromatic nitrogens is 2. The van der Waals surface area contributed by atoms with E-state index in [0.29, 0.717) is 24.6 Å². The first-order chi connectivity index (χ1) is 14.8. The van der Waals surface area contributed by atoms with E-state index in [-0.39, 0.29) is 11.8 Å². The molecule has 1 unspecified atom stereocenters. The molecule has 0 spiro atoms. The van der Waals surface area contributed by atoms with Crippen LogP contribution < -0.4 is 5.32 Å². The van der Waals surface area contributed by atoms with Crippen molar-refractivity contribution in [2.24, 2.45) is 0 Å². The van der Waals surface area contributed by atoms with Crippen molar-refractivity contribution in [2.75, 3.05) is 6.54 Å². The number of aliphatic carboxylic acids is 1. The van der Waals surface area contributed by atoms with Crippen LogP contribution in [-0.4, -0.2) is 39.7 Å². The van der Waals surface area contributed by atoms with Gasteiger partial charge in [0.2, 0.25) is 5.89 Å². The van der Waals surface area contributed by atoms with Gasteiger partial charge in [0.25, 0.3) is 0 Å². The summed E-state index contributed by atoms with van der Waals surface area (Å²) in [4.78, 5) is 25.9. The third-order valence-corrected chi connectivity index (χ3v) is 4.75. The maximum atomic E-state index is 12.6. The number of hydrogen-bond donors (Lipinski definition) is 2. The van der Waals surface area contributed by atoms with Crippen LogP contribution in [-0.2, 0) is 11.2 Å². The van der Waals surface area contributed by atoms with E-state index in [0.717, 1.165) is 35.7 Å². The maximum Gasteiger partial charge on any atom is 0.490 e. The van der Waals surface area contributed by atoms with Gasteiger partial charge in [-0.2, -0.15) is 18.2 Å². The van der Waals surface area contributed by atoms with Gasteiger partial charge in [-0.25, -0.2) is 4.79 Å². The molecule has 1 aromatic heterocycles. The molecule has 1 aliphatic heterocycles. The first kappa shape index (κ1) is 22.4. The molecule has 10 heteroatoms. The van der Waals surface area contributed by atoms with Crippen LogP contribution in [0.3, 0.4) is 0 Å². The second-order valence-corrected chi connectivity index (χ2v) is 6.95. The summed E-state index contributed by atoms with van der Waals surface area (Å²) in [7, 11) is 0. The van der Waals surface area contributed by atoms with Gasteiger partial charge in [-0.05, 0) is 30.2 Å². The Morgan fingerprint density at radius 2 is 1.87 bits per heavy atom. The van der Waals surface area contributed by atoms with Crippen molar-refractivity contribution < 1.29 is 32.4 Å². The van der Waals surface area contributed by atoms with Gasteiger partial charge in [0.05, 0.1) is 6.04 Å². The Morgan fingerprint density at radius 3 is 2.55 bits per heavy atom. The van der Waals surface area contributed by atoms with Crippen molar-refractivity contribution in [3.8, 4) is 0 Å². The van der Waals surface area contributed by atoms with E-state index in [1.807, 2.05) is 42.5 Å². The number of nitrogens with one attached hydrogen (secondary N) is 1. The summed E-state index contributed by atoms with van der Waals surface area (Å²) in [6.07, 6.45) is -2.07. The molecular formula is C21H20F3N3O4. The molecule has 0 saturated carbocycles. The third kappa shape index (κ3) is 5.88. The monoisotopic (exact) mass is 435 g/mol. The highest BCUT2D eigenvalue weighted by atomic mass is 19.4. The highest BCUT2D eigenvalue weighted by Crippen LogP contribution is 2.22. The second-order valence-electron chi connectivity index (χ2n) is 6.95. The van der Waals surface area contributed by atoms with Crippen molar-refractivity contribution in [3.63, 3.8) is 0 Å². The lowest BCUT2D eigenvalue weighted by molar-refractivity contribution is -0.192. The van der Waals surface area contributed by atoms with Gasteiger partial charge in [-0.1, -0.05) is 47.6 Å². The first-order valence-electron chi connectivity index (χ1n) is 9.62. The molecule has 1 atom stereocenters. The zero-order valence-corrected chi connectivity index (χ0v) is 16.4. The Bertz CT molecular complexity index is 1050. The largest absolute Gasteiger partial charge is 0.490 e. The van der Waals surface area contributed by atoms with Crippen LogP contribution in [0.1, 0.15) is 47.4 Å². The number of carboxylic acids is 1. The van der Waals surface area contributed by atoms with Crippen molar-refractivity contribution >= 4 is 22.5 Å². The van der Waals surface area contributed by atoms with E-state index in [4.69, 9.17) is 14.4 Å². The van der Waals surface area contributed by atoms with Crippen LogP contribution in [0.4, 0.5) is 13.2 Å². The quantitative estimate of drug-likeness (QED) is 0.582. The average molecular weight is 435 g/mol. The van der Waals surface area contributed by atoms with Crippen LogP contribution in [0.15, 0.2) is 47.0 Å². The van der Waals surface area contributed by atoms with Gasteiger partial charge in [0, 0.05) is 18.4 Å². The number of halogens is 3. The summed E-state index contributed by atoms with van der Waals surface area (Å²) in [6.45, 7) is 0.994. The lowest BCUT2D eigenvalue weighted by Crippen LogP contribution is -2.21. The Kier molecular flexibility index (Phi) is 7.01. The third-order valence-electron chi connectivity index (χ3n) is 4.75. The van der Waals surface area contributed by atoms with Crippen molar-refractivity contribution in [2.45, 2.75) is 37.9 Å². The number of Topliss-reactive ketones (excluding diaryl/α,β-unsaturated/α-hetero) is 1.